The first-order chi connectivity index (χ1) is 10.8. The number of nitrogens with two attached hydrogens (primary N) is 1. The number of rotatable bonds is 8. The van der Waals surface area contributed by atoms with Crippen LogP contribution in [-0.4, -0.2) is 55.8 Å². The van der Waals surface area contributed by atoms with Gasteiger partial charge >= 0.3 is 12.1 Å². The minimum Gasteiger partial charge on any atom is -0.464 e. The van der Waals surface area contributed by atoms with Crippen molar-refractivity contribution in [1.29, 1.82) is 0 Å². The van der Waals surface area contributed by atoms with Crippen molar-refractivity contribution in [3.8, 4) is 0 Å². The van der Waals surface area contributed by atoms with Crippen molar-refractivity contribution in [2.24, 2.45) is 5.73 Å². The Hall–Kier alpha value is -1.73. The highest BCUT2D eigenvalue weighted by molar-refractivity contribution is 8.32. The summed E-state index contributed by atoms with van der Waals surface area (Å²) in [7, 11) is -0.713. The van der Waals surface area contributed by atoms with Crippen LogP contribution in [0.4, 0.5) is 4.79 Å². The number of ether oxygens (including phenoxy) is 2. The summed E-state index contributed by atoms with van der Waals surface area (Å²) in [6.07, 6.45) is 5.82. The van der Waals surface area contributed by atoms with Crippen molar-refractivity contribution in [3.63, 3.8) is 0 Å². The molecular weight excluding hydrogens is 316 g/mol. The fraction of sp³-hybridized carbons (Fsp3) is 0.500. The Bertz CT molecular complexity index is 503. The summed E-state index contributed by atoms with van der Waals surface area (Å²) in [5.41, 5.74) is 6.57. The number of benzene rings is 1. The molecule has 0 saturated heterocycles. The molecule has 0 fully saturated rings. The second kappa shape index (κ2) is 9.42. The summed E-state index contributed by atoms with van der Waals surface area (Å²) in [6, 6.07) is 8.43. The summed E-state index contributed by atoms with van der Waals surface area (Å²) in [6.45, 7) is 0.499. The minimum absolute atomic E-state index is 0.0190. The highest BCUT2D eigenvalue weighted by atomic mass is 32.3. The first kappa shape index (κ1) is 19.3. The molecule has 130 valence electrons. The van der Waals surface area contributed by atoms with E-state index in [1.54, 1.807) is 0 Å². The van der Waals surface area contributed by atoms with Gasteiger partial charge in [0, 0.05) is 12.3 Å². The molecule has 7 heteroatoms. The zero-order chi connectivity index (χ0) is 17.3. The molecule has 23 heavy (non-hydrogen) atoms. The summed E-state index contributed by atoms with van der Waals surface area (Å²) in [4.78, 5) is 23.2. The number of esters is 1. The normalized spacial score (nSPS) is 13.0. The van der Waals surface area contributed by atoms with E-state index < -0.39 is 28.1 Å². The molecule has 0 aliphatic rings. The van der Waals surface area contributed by atoms with Gasteiger partial charge in [0.25, 0.3) is 0 Å². The Morgan fingerprint density at radius 1 is 1.17 bits per heavy atom. The third-order valence-corrected chi connectivity index (χ3v) is 4.31. The Kier molecular flexibility index (Phi) is 7.91. The average molecular weight is 342 g/mol. The maximum Gasteiger partial charge on any atom is 0.407 e. The van der Waals surface area contributed by atoms with E-state index in [1.165, 1.54) is 0 Å². The third kappa shape index (κ3) is 9.10. The standard InChI is InChI=1S/C16H26N2O4S/c1-23(2,3)10-9-21-15(19)14(17)11-18-16(20)22-12-13-7-5-4-6-8-13/h4-8,14H,9-12,17H2,1-3H3,(H,18,20)/t14-/m1/s1. The van der Waals surface area contributed by atoms with E-state index >= 15 is 0 Å². The smallest absolute Gasteiger partial charge is 0.407 e. The SMILES string of the molecule is CS(C)(C)CCOC(=O)[C@H](N)CNC(=O)OCc1ccccc1. The number of carbonyl (C=O) groups is 2. The molecule has 1 aromatic carbocycles. The Balaban J connectivity index is 2.20. The second-order valence-corrected chi connectivity index (χ2v) is 10.6. The number of hydrogen-bond acceptors (Lipinski definition) is 5. The number of nitrogens with one attached hydrogen (secondary N) is 1. The summed E-state index contributed by atoms with van der Waals surface area (Å²) < 4.78 is 10.1. The van der Waals surface area contributed by atoms with Crippen LogP contribution in [0.15, 0.2) is 30.3 Å². The molecule has 0 radical (unpaired) electrons. The largest absolute Gasteiger partial charge is 0.464 e. The molecule has 3 N–H and O–H groups in total. The van der Waals surface area contributed by atoms with Crippen LogP contribution >= 0.6 is 10.0 Å². The molecule has 1 rings (SSSR count). The number of alkyl carbamates (subject to hydrolysis) is 1. The topological polar surface area (TPSA) is 90.6 Å². The fourth-order valence-electron chi connectivity index (χ4n) is 1.55. The van der Waals surface area contributed by atoms with E-state index in [0.717, 1.165) is 11.3 Å². The highest BCUT2D eigenvalue weighted by Crippen LogP contribution is 2.33. The molecule has 0 bridgehead atoms. The predicted molar refractivity (Wildman–Crippen MR) is 93.8 cm³/mol. The van der Waals surface area contributed by atoms with Gasteiger partial charge in [-0.25, -0.2) is 14.8 Å². The molecule has 0 spiro atoms. The monoisotopic (exact) mass is 342 g/mol. The van der Waals surface area contributed by atoms with Crippen molar-refractivity contribution >= 4 is 22.1 Å². The Labute approximate surface area is 139 Å². The zero-order valence-electron chi connectivity index (χ0n) is 13.9. The maximum absolute atomic E-state index is 11.7. The van der Waals surface area contributed by atoms with Gasteiger partial charge in [-0.3, -0.25) is 4.79 Å². The predicted octanol–water partition coefficient (Wildman–Crippen LogP) is 1.48. The molecule has 0 aliphatic carbocycles. The van der Waals surface area contributed by atoms with Crippen LogP contribution in [0.25, 0.3) is 0 Å². The summed E-state index contributed by atoms with van der Waals surface area (Å²) in [5, 5.41) is 2.46. The third-order valence-electron chi connectivity index (χ3n) is 2.92. The van der Waals surface area contributed by atoms with Crippen LogP contribution in [0.1, 0.15) is 5.56 Å². The number of amides is 1. The lowest BCUT2D eigenvalue weighted by atomic mass is 10.2. The van der Waals surface area contributed by atoms with E-state index in [1.807, 2.05) is 30.3 Å². The maximum atomic E-state index is 11.7. The molecule has 0 saturated carbocycles. The van der Waals surface area contributed by atoms with Crippen LogP contribution in [0.2, 0.25) is 0 Å². The molecule has 0 unspecified atom stereocenters. The van der Waals surface area contributed by atoms with Crippen LogP contribution in [0.5, 0.6) is 0 Å². The van der Waals surface area contributed by atoms with E-state index in [9.17, 15) is 9.59 Å². The summed E-state index contributed by atoms with van der Waals surface area (Å²) >= 11 is 0. The van der Waals surface area contributed by atoms with Crippen LogP contribution in [-0.2, 0) is 20.9 Å². The average Bonchev–Trinajstić information content (AvgIpc) is 2.50. The molecule has 6 nitrogen and oxygen atoms in total. The number of hydrogen-bond donors (Lipinski definition) is 2. The van der Waals surface area contributed by atoms with Gasteiger partial charge in [0.05, 0.1) is 6.61 Å². The van der Waals surface area contributed by atoms with E-state index in [4.69, 9.17) is 15.2 Å². The summed E-state index contributed by atoms with van der Waals surface area (Å²) in [5.74, 6) is 0.315. The lowest BCUT2D eigenvalue weighted by Gasteiger charge is -2.24. The minimum atomic E-state index is -0.894. The van der Waals surface area contributed by atoms with E-state index in [-0.39, 0.29) is 13.2 Å². The van der Waals surface area contributed by atoms with Crippen molar-refractivity contribution in [2.75, 3.05) is 37.7 Å². The quantitative estimate of drug-likeness (QED) is 0.698. The van der Waals surface area contributed by atoms with Gasteiger partial charge in [-0.1, -0.05) is 30.3 Å². The Morgan fingerprint density at radius 2 is 1.83 bits per heavy atom. The molecule has 0 aromatic heterocycles. The van der Waals surface area contributed by atoms with Crippen molar-refractivity contribution in [1.82, 2.24) is 5.32 Å². The van der Waals surface area contributed by atoms with Crippen molar-refractivity contribution < 1.29 is 19.1 Å². The van der Waals surface area contributed by atoms with Gasteiger partial charge in [0.15, 0.2) is 0 Å². The van der Waals surface area contributed by atoms with Gasteiger partial charge in [-0.15, -0.1) is 0 Å². The first-order valence-corrected chi connectivity index (χ1v) is 10.3. The molecule has 0 aliphatic heterocycles. The fourth-order valence-corrected chi connectivity index (χ4v) is 2.13. The van der Waals surface area contributed by atoms with Crippen LogP contribution < -0.4 is 11.1 Å². The molecule has 1 atom stereocenters. The first-order valence-electron chi connectivity index (χ1n) is 7.31. The lowest BCUT2D eigenvalue weighted by molar-refractivity contribution is -0.144. The van der Waals surface area contributed by atoms with Crippen LogP contribution in [0, 0.1) is 0 Å². The van der Waals surface area contributed by atoms with Crippen molar-refractivity contribution in [3.05, 3.63) is 35.9 Å². The molecule has 0 heterocycles. The van der Waals surface area contributed by atoms with Gasteiger partial charge in [0.1, 0.15) is 12.6 Å². The van der Waals surface area contributed by atoms with E-state index in [2.05, 4.69) is 24.1 Å². The van der Waals surface area contributed by atoms with Gasteiger partial charge in [-0.05, 0) is 24.3 Å². The zero-order valence-corrected chi connectivity index (χ0v) is 14.7. The van der Waals surface area contributed by atoms with Crippen LogP contribution in [0.3, 0.4) is 0 Å². The lowest BCUT2D eigenvalue weighted by Crippen LogP contribution is -2.43. The molecule has 1 aromatic rings. The van der Waals surface area contributed by atoms with Gasteiger partial charge in [0.2, 0.25) is 0 Å². The molecule has 1 amide bonds. The van der Waals surface area contributed by atoms with Gasteiger partial charge in [-0.2, -0.15) is 0 Å². The van der Waals surface area contributed by atoms with Gasteiger partial charge < -0.3 is 20.5 Å². The number of carbonyl (C=O) groups excluding carboxylic acids is 2. The van der Waals surface area contributed by atoms with Crippen molar-refractivity contribution in [2.45, 2.75) is 12.6 Å². The highest BCUT2D eigenvalue weighted by Gasteiger charge is 2.17. The van der Waals surface area contributed by atoms with E-state index in [0.29, 0.717) is 6.61 Å². The molecular formula is C16H26N2O4S. The Morgan fingerprint density at radius 3 is 2.43 bits per heavy atom. The second-order valence-electron chi connectivity index (χ2n) is 6.01.